The largest absolute Gasteiger partial charge is 0.368 e. The van der Waals surface area contributed by atoms with E-state index in [1.165, 1.54) is 12.1 Å². The summed E-state index contributed by atoms with van der Waals surface area (Å²) < 4.78 is 26.5. The van der Waals surface area contributed by atoms with Gasteiger partial charge in [0.25, 0.3) is 0 Å². The third-order valence-electron chi connectivity index (χ3n) is 2.59. The van der Waals surface area contributed by atoms with E-state index in [9.17, 15) is 8.78 Å². The molecule has 2 nitrogen and oxygen atoms in total. The van der Waals surface area contributed by atoms with Gasteiger partial charge in [-0.05, 0) is 25.1 Å². The standard InChI is InChI=1S/C11H14F2N2/c12-9-2-3-10(13)11(8-9)15-6-1-4-14-5-7-15/h2-3,8,14H,1,4-7H2. The van der Waals surface area contributed by atoms with Crippen molar-refractivity contribution >= 4 is 5.69 Å². The van der Waals surface area contributed by atoms with E-state index >= 15 is 0 Å². The number of benzene rings is 1. The van der Waals surface area contributed by atoms with Crippen LogP contribution in [0.4, 0.5) is 14.5 Å². The van der Waals surface area contributed by atoms with Gasteiger partial charge in [-0.3, -0.25) is 0 Å². The van der Waals surface area contributed by atoms with Crippen LogP contribution in [0.25, 0.3) is 0 Å². The van der Waals surface area contributed by atoms with E-state index < -0.39 is 0 Å². The van der Waals surface area contributed by atoms with Gasteiger partial charge < -0.3 is 10.2 Å². The number of halogens is 2. The fourth-order valence-electron chi connectivity index (χ4n) is 1.81. The quantitative estimate of drug-likeness (QED) is 0.763. The van der Waals surface area contributed by atoms with E-state index in [0.717, 1.165) is 38.7 Å². The zero-order valence-electron chi connectivity index (χ0n) is 8.47. The van der Waals surface area contributed by atoms with Crippen molar-refractivity contribution < 1.29 is 8.78 Å². The third kappa shape index (κ3) is 2.45. The number of nitrogens with one attached hydrogen (secondary N) is 1. The van der Waals surface area contributed by atoms with Crippen LogP contribution < -0.4 is 10.2 Å². The maximum Gasteiger partial charge on any atom is 0.146 e. The number of anilines is 1. The van der Waals surface area contributed by atoms with Crippen molar-refractivity contribution in [2.24, 2.45) is 0 Å². The molecular formula is C11H14F2N2. The number of hydrogen-bond acceptors (Lipinski definition) is 2. The zero-order chi connectivity index (χ0) is 10.7. The molecular weight excluding hydrogens is 198 g/mol. The molecule has 1 aliphatic rings. The molecule has 4 heteroatoms. The summed E-state index contributed by atoms with van der Waals surface area (Å²) >= 11 is 0. The minimum absolute atomic E-state index is 0.349. The molecule has 15 heavy (non-hydrogen) atoms. The predicted octanol–water partition coefficient (Wildman–Crippen LogP) is 1.76. The Morgan fingerprint density at radius 3 is 2.87 bits per heavy atom. The van der Waals surface area contributed by atoms with Gasteiger partial charge in [0.05, 0.1) is 5.69 Å². The Morgan fingerprint density at radius 1 is 1.13 bits per heavy atom. The molecule has 0 amide bonds. The Labute approximate surface area is 87.9 Å². The van der Waals surface area contributed by atoms with Crippen molar-refractivity contribution in [1.29, 1.82) is 0 Å². The maximum atomic E-state index is 13.5. The molecule has 0 aliphatic carbocycles. The van der Waals surface area contributed by atoms with Crippen LogP contribution in [0, 0.1) is 11.6 Å². The molecule has 0 radical (unpaired) electrons. The minimum atomic E-state index is -0.386. The average molecular weight is 212 g/mol. The van der Waals surface area contributed by atoms with Crippen molar-refractivity contribution in [2.45, 2.75) is 6.42 Å². The van der Waals surface area contributed by atoms with Crippen LogP contribution in [0.2, 0.25) is 0 Å². The summed E-state index contributed by atoms with van der Waals surface area (Å²) in [6.07, 6.45) is 0.954. The van der Waals surface area contributed by atoms with Crippen molar-refractivity contribution in [3.63, 3.8) is 0 Å². The van der Waals surface area contributed by atoms with E-state index in [4.69, 9.17) is 0 Å². The van der Waals surface area contributed by atoms with Gasteiger partial charge in [-0.25, -0.2) is 8.78 Å². The van der Waals surface area contributed by atoms with Crippen LogP contribution in [0.15, 0.2) is 18.2 Å². The normalized spacial score (nSPS) is 17.6. The summed E-state index contributed by atoms with van der Waals surface area (Å²) in [5, 5.41) is 3.22. The molecule has 1 saturated heterocycles. The van der Waals surface area contributed by atoms with Crippen LogP contribution in [0.3, 0.4) is 0 Å². The molecule has 1 heterocycles. The molecule has 0 spiro atoms. The lowest BCUT2D eigenvalue weighted by atomic mass is 10.2. The molecule has 82 valence electrons. The van der Waals surface area contributed by atoms with Crippen molar-refractivity contribution in [1.82, 2.24) is 5.32 Å². The Morgan fingerprint density at radius 2 is 2.00 bits per heavy atom. The van der Waals surface area contributed by atoms with Gasteiger partial charge in [0.2, 0.25) is 0 Å². The van der Waals surface area contributed by atoms with Gasteiger partial charge in [-0.1, -0.05) is 0 Å². The van der Waals surface area contributed by atoms with E-state index in [1.54, 1.807) is 0 Å². The second-order valence-corrected chi connectivity index (χ2v) is 3.69. The molecule has 0 unspecified atom stereocenters. The zero-order valence-corrected chi connectivity index (χ0v) is 8.47. The predicted molar refractivity (Wildman–Crippen MR) is 56.1 cm³/mol. The molecule has 0 atom stereocenters. The molecule has 0 aromatic heterocycles. The van der Waals surface area contributed by atoms with Gasteiger partial charge in [0.1, 0.15) is 11.6 Å². The molecule has 1 fully saturated rings. The summed E-state index contributed by atoms with van der Waals surface area (Å²) in [7, 11) is 0. The topological polar surface area (TPSA) is 15.3 Å². The lowest BCUT2D eigenvalue weighted by Gasteiger charge is -2.22. The van der Waals surface area contributed by atoms with Gasteiger partial charge in [0, 0.05) is 25.7 Å². The number of hydrogen-bond donors (Lipinski definition) is 1. The van der Waals surface area contributed by atoms with E-state index in [1.807, 2.05) is 4.90 Å². The van der Waals surface area contributed by atoms with Gasteiger partial charge >= 0.3 is 0 Å². The highest BCUT2D eigenvalue weighted by molar-refractivity contribution is 5.48. The van der Waals surface area contributed by atoms with Crippen LogP contribution >= 0.6 is 0 Å². The molecule has 1 N–H and O–H groups in total. The van der Waals surface area contributed by atoms with E-state index in [0.29, 0.717) is 5.69 Å². The van der Waals surface area contributed by atoms with Crippen LogP contribution in [0.1, 0.15) is 6.42 Å². The van der Waals surface area contributed by atoms with Gasteiger partial charge in [-0.2, -0.15) is 0 Å². The van der Waals surface area contributed by atoms with Crippen molar-refractivity contribution in [3.05, 3.63) is 29.8 Å². The monoisotopic (exact) mass is 212 g/mol. The van der Waals surface area contributed by atoms with Crippen LogP contribution in [0.5, 0.6) is 0 Å². The fourth-order valence-corrected chi connectivity index (χ4v) is 1.81. The Balaban J connectivity index is 2.22. The Hall–Kier alpha value is -1.16. The second-order valence-electron chi connectivity index (χ2n) is 3.69. The van der Waals surface area contributed by atoms with Crippen LogP contribution in [-0.4, -0.2) is 26.2 Å². The molecule has 1 aromatic carbocycles. The maximum absolute atomic E-state index is 13.5. The summed E-state index contributed by atoms with van der Waals surface area (Å²) in [6.45, 7) is 3.25. The van der Waals surface area contributed by atoms with Gasteiger partial charge in [0.15, 0.2) is 0 Å². The fraction of sp³-hybridized carbons (Fsp3) is 0.455. The van der Waals surface area contributed by atoms with Crippen molar-refractivity contribution in [2.75, 3.05) is 31.1 Å². The smallest absolute Gasteiger partial charge is 0.146 e. The first-order valence-electron chi connectivity index (χ1n) is 5.18. The number of rotatable bonds is 1. The lowest BCUT2D eigenvalue weighted by Crippen LogP contribution is -2.28. The molecule has 2 rings (SSSR count). The molecule has 0 bridgehead atoms. The number of nitrogens with zero attached hydrogens (tertiary/aromatic N) is 1. The van der Waals surface area contributed by atoms with Crippen LogP contribution in [-0.2, 0) is 0 Å². The Bertz CT molecular complexity index is 333. The summed E-state index contributed by atoms with van der Waals surface area (Å²) in [5.74, 6) is -0.734. The third-order valence-corrected chi connectivity index (χ3v) is 2.59. The summed E-state index contributed by atoms with van der Waals surface area (Å²) in [6, 6.07) is 3.60. The van der Waals surface area contributed by atoms with Gasteiger partial charge in [-0.15, -0.1) is 0 Å². The molecule has 1 aliphatic heterocycles. The summed E-state index contributed by atoms with van der Waals surface area (Å²) in [5.41, 5.74) is 0.374. The van der Waals surface area contributed by atoms with Crippen molar-refractivity contribution in [3.8, 4) is 0 Å². The second kappa shape index (κ2) is 4.57. The van der Waals surface area contributed by atoms with E-state index in [2.05, 4.69) is 5.32 Å². The molecule has 1 aromatic rings. The highest BCUT2D eigenvalue weighted by atomic mass is 19.1. The van der Waals surface area contributed by atoms with E-state index in [-0.39, 0.29) is 11.6 Å². The average Bonchev–Trinajstić information content (AvgIpc) is 2.50. The first-order valence-corrected chi connectivity index (χ1v) is 5.18. The first kappa shape index (κ1) is 10.4. The minimum Gasteiger partial charge on any atom is -0.368 e. The highest BCUT2D eigenvalue weighted by Gasteiger charge is 2.13. The lowest BCUT2D eigenvalue weighted by molar-refractivity contribution is 0.593. The molecule has 0 saturated carbocycles. The highest BCUT2D eigenvalue weighted by Crippen LogP contribution is 2.20. The first-order chi connectivity index (χ1) is 7.27. The Kier molecular flexibility index (Phi) is 3.16. The summed E-state index contributed by atoms with van der Waals surface area (Å²) in [4.78, 5) is 1.89. The SMILES string of the molecule is Fc1ccc(F)c(N2CCCNCC2)c1.